The average molecular weight is 300 g/mol. The molecule has 0 aliphatic heterocycles. The molecule has 3 N–H and O–H groups in total. The van der Waals surface area contributed by atoms with Crippen molar-refractivity contribution in [3.8, 4) is 0 Å². The summed E-state index contributed by atoms with van der Waals surface area (Å²) in [5, 5.41) is 7.47. The molecule has 8 heteroatoms. The predicted molar refractivity (Wildman–Crippen MR) is 72.3 cm³/mol. The van der Waals surface area contributed by atoms with Gasteiger partial charge in [-0.2, -0.15) is 0 Å². The minimum atomic E-state index is -3.82. The Morgan fingerprint density at radius 2 is 2.00 bits per heavy atom. The minimum Gasteiger partial charge on any atom is -0.466 e. The highest BCUT2D eigenvalue weighted by Gasteiger charge is 2.11. The molecule has 0 saturated carbocycles. The SMILES string of the molecule is CCOC(=O)CCC(=O)Nc1cccc(S(N)(=O)=O)c1. The van der Waals surface area contributed by atoms with Crippen LogP contribution in [0.5, 0.6) is 0 Å². The van der Waals surface area contributed by atoms with E-state index in [1.54, 1.807) is 6.92 Å². The van der Waals surface area contributed by atoms with Crippen LogP contribution in [0, 0.1) is 0 Å². The van der Waals surface area contributed by atoms with E-state index in [1.165, 1.54) is 24.3 Å². The Morgan fingerprint density at radius 1 is 1.30 bits per heavy atom. The van der Waals surface area contributed by atoms with E-state index in [1.807, 2.05) is 0 Å². The number of rotatable bonds is 6. The van der Waals surface area contributed by atoms with Gasteiger partial charge in [-0.25, -0.2) is 13.6 Å². The van der Waals surface area contributed by atoms with Crippen molar-refractivity contribution in [3.05, 3.63) is 24.3 Å². The number of ether oxygens (including phenoxy) is 1. The third-order valence-corrected chi connectivity index (χ3v) is 3.22. The van der Waals surface area contributed by atoms with Gasteiger partial charge in [0.15, 0.2) is 0 Å². The van der Waals surface area contributed by atoms with Crippen molar-refractivity contribution >= 4 is 27.6 Å². The molecule has 1 amide bonds. The van der Waals surface area contributed by atoms with Gasteiger partial charge in [0.2, 0.25) is 15.9 Å². The van der Waals surface area contributed by atoms with Crippen LogP contribution in [0.2, 0.25) is 0 Å². The maximum absolute atomic E-state index is 11.6. The number of benzene rings is 1. The van der Waals surface area contributed by atoms with Crippen molar-refractivity contribution in [2.24, 2.45) is 5.14 Å². The van der Waals surface area contributed by atoms with E-state index in [9.17, 15) is 18.0 Å². The first-order chi connectivity index (χ1) is 9.32. The van der Waals surface area contributed by atoms with Gasteiger partial charge in [0, 0.05) is 12.1 Å². The molecule has 110 valence electrons. The van der Waals surface area contributed by atoms with Gasteiger partial charge in [-0.1, -0.05) is 6.07 Å². The molecule has 20 heavy (non-hydrogen) atoms. The van der Waals surface area contributed by atoms with Crippen LogP contribution in [0.1, 0.15) is 19.8 Å². The molecule has 0 bridgehead atoms. The Kier molecular flexibility index (Phi) is 5.66. The number of hydrogen-bond donors (Lipinski definition) is 2. The Balaban J connectivity index is 2.61. The number of nitrogens with one attached hydrogen (secondary N) is 1. The van der Waals surface area contributed by atoms with Gasteiger partial charge in [0.25, 0.3) is 0 Å². The molecule has 0 radical (unpaired) electrons. The summed E-state index contributed by atoms with van der Waals surface area (Å²) >= 11 is 0. The molecule has 0 unspecified atom stereocenters. The van der Waals surface area contributed by atoms with Gasteiger partial charge >= 0.3 is 5.97 Å². The summed E-state index contributed by atoms with van der Waals surface area (Å²) in [6.07, 6.45) is -0.0764. The molecule has 0 saturated heterocycles. The largest absolute Gasteiger partial charge is 0.466 e. The number of primary sulfonamides is 1. The second-order valence-corrected chi connectivity index (χ2v) is 5.49. The lowest BCUT2D eigenvalue weighted by molar-refractivity contribution is -0.144. The molecule has 1 aromatic rings. The smallest absolute Gasteiger partial charge is 0.306 e. The first-order valence-electron chi connectivity index (χ1n) is 5.91. The first-order valence-corrected chi connectivity index (χ1v) is 7.46. The predicted octanol–water partition coefficient (Wildman–Crippen LogP) is 0.616. The second-order valence-electron chi connectivity index (χ2n) is 3.93. The van der Waals surface area contributed by atoms with Crippen molar-refractivity contribution in [2.45, 2.75) is 24.7 Å². The molecule has 0 atom stereocenters. The van der Waals surface area contributed by atoms with E-state index in [-0.39, 0.29) is 24.3 Å². The van der Waals surface area contributed by atoms with Crippen LogP contribution < -0.4 is 10.5 Å². The van der Waals surface area contributed by atoms with Crippen molar-refractivity contribution in [2.75, 3.05) is 11.9 Å². The maximum Gasteiger partial charge on any atom is 0.306 e. The van der Waals surface area contributed by atoms with Crippen LogP contribution in [0.3, 0.4) is 0 Å². The van der Waals surface area contributed by atoms with E-state index in [4.69, 9.17) is 9.88 Å². The van der Waals surface area contributed by atoms with Gasteiger partial charge in [-0.15, -0.1) is 0 Å². The summed E-state index contributed by atoms with van der Waals surface area (Å²) in [4.78, 5) is 22.6. The third kappa shape index (κ3) is 5.37. The lowest BCUT2D eigenvalue weighted by Crippen LogP contribution is -2.16. The fourth-order valence-electron chi connectivity index (χ4n) is 1.42. The van der Waals surface area contributed by atoms with Crippen molar-refractivity contribution in [3.63, 3.8) is 0 Å². The summed E-state index contributed by atoms with van der Waals surface area (Å²) in [7, 11) is -3.82. The van der Waals surface area contributed by atoms with E-state index < -0.39 is 21.9 Å². The summed E-state index contributed by atoms with van der Waals surface area (Å²) in [5.41, 5.74) is 0.297. The molecular formula is C12H16N2O5S. The van der Waals surface area contributed by atoms with E-state index in [2.05, 4.69) is 5.32 Å². The molecule has 0 heterocycles. The number of nitrogens with two attached hydrogens (primary N) is 1. The van der Waals surface area contributed by atoms with Crippen LogP contribution in [0.25, 0.3) is 0 Å². The lowest BCUT2D eigenvalue weighted by Gasteiger charge is -2.06. The van der Waals surface area contributed by atoms with Crippen molar-refractivity contribution < 1.29 is 22.7 Å². The van der Waals surface area contributed by atoms with E-state index in [0.717, 1.165) is 0 Å². The zero-order chi connectivity index (χ0) is 15.2. The van der Waals surface area contributed by atoms with Crippen LogP contribution in [-0.4, -0.2) is 26.9 Å². The van der Waals surface area contributed by atoms with Gasteiger partial charge in [-0.3, -0.25) is 9.59 Å². The van der Waals surface area contributed by atoms with Crippen LogP contribution >= 0.6 is 0 Å². The van der Waals surface area contributed by atoms with Crippen molar-refractivity contribution in [1.82, 2.24) is 0 Å². The number of hydrogen-bond acceptors (Lipinski definition) is 5. The molecular weight excluding hydrogens is 284 g/mol. The Bertz CT molecular complexity index is 598. The first kappa shape index (κ1) is 16.1. The van der Waals surface area contributed by atoms with Gasteiger partial charge in [-0.05, 0) is 25.1 Å². The van der Waals surface area contributed by atoms with Gasteiger partial charge < -0.3 is 10.1 Å². The summed E-state index contributed by atoms with van der Waals surface area (Å²) < 4.78 is 27.0. The summed E-state index contributed by atoms with van der Waals surface area (Å²) in [6.45, 7) is 1.94. The van der Waals surface area contributed by atoms with Crippen LogP contribution in [-0.2, 0) is 24.3 Å². The van der Waals surface area contributed by atoms with E-state index >= 15 is 0 Å². The molecule has 0 spiro atoms. The Labute approximate surface area is 117 Å². The monoisotopic (exact) mass is 300 g/mol. The van der Waals surface area contributed by atoms with Crippen LogP contribution in [0.15, 0.2) is 29.2 Å². The second kappa shape index (κ2) is 7.01. The molecule has 1 aromatic carbocycles. The molecule has 7 nitrogen and oxygen atoms in total. The van der Waals surface area contributed by atoms with Gasteiger partial charge in [0.1, 0.15) is 0 Å². The third-order valence-electron chi connectivity index (χ3n) is 2.31. The molecule has 0 fully saturated rings. The van der Waals surface area contributed by atoms with Crippen molar-refractivity contribution in [1.29, 1.82) is 0 Å². The zero-order valence-electron chi connectivity index (χ0n) is 11.0. The standard InChI is InChI=1S/C12H16N2O5S/c1-2-19-12(16)7-6-11(15)14-9-4-3-5-10(8-9)20(13,17)18/h3-5,8H,2,6-7H2,1H3,(H,14,15)(H2,13,17,18). The molecule has 0 aromatic heterocycles. The lowest BCUT2D eigenvalue weighted by atomic mass is 10.2. The Morgan fingerprint density at radius 3 is 2.60 bits per heavy atom. The zero-order valence-corrected chi connectivity index (χ0v) is 11.8. The fraction of sp³-hybridized carbons (Fsp3) is 0.333. The molecule has 1 rings (SSSR count). The maximum atomic E-state index is 11.6. The highest BCUT2D eigenvalue weighted by molar-refractivity contribution is 7.89. The number of amides is 1. The number of anilines is 1. The normalized spacial score (nSPS) is 10.9. The highest BCUT2D eigenvalue weighted by atomic mass is 32.2. The Hall–Kier alpha value is -1.93. The fourth-order valence-corrected chi connectivity index (χ4v) is 1.98. The van der Waals surface area contributed by atoms with E-state index in [0.29, 0.717) is 5.69 Å². The molecule has 0 aliphatic rings. The minimum absolute atomic E-state index is 0.0332. The number of carbonyl (C=O) groups excluding carboxylic acids is 2. The van der Waals surface area contributed by atoms with Gasteiger partial charge in [0.05, 0.1) is 17.9 Å². The molecule has 0 aliphatic carbocycles. The summed E-state index contributed by atoms with van der Waals surface area (Å²) in [5.74, 6) is -0.870. The number of sulfonamides is 1. The number of carbonyl (C=O) groups is 2. The van der Waals surface area contributed by atoms with Crippen LogP contribution in [0.4, 0.5) is 5.69 Å². The average Bonchev–Trinajstić information content (AvgIpc) is 2.36. The highest BCUT2D eigenvalue weighted by Crippen LogP contribution is 2.14. The number of esters is 1. The quantitative estimate of drug-likeness (QED) is 0.747. The summed E-state index contributed by atoms with van der Waals surface area (Å²) in [6, 6.07) is 5.55. The topological polar surface area (TPSA) is 116 Å².